The molecule has 0 saturated heterocycles. The Labute approximate surface area is 150 Å². The molecule has 0 spiro atoms. The molecule has 1 aromatic rings. The van der Waals surface area contributed by atoms with Crippen molar-refractivity contribution >= 4 is 0 Å². The van der Waals surface area contributed by atoms with Crippen LogP contribution >= 0.6 is 0 Å². The molecule has 0 aliphatic heterocycles. The van der Waals surface area contributed by atoms with E-state index in [1.54, 1.807) is 6.07 Å². The number of hydrogen-bond donors (Lipinski definition) is 0. The molecule has 0 fully saturated rings. The smallest absolute Gasteiger partial charge is 0.137 e. The summed E-state index contributed by atoms with van der Waals surface area (Å²) in [5.41, 5.74) is 0.625. The van der Waals surface area contributed by atoms with E-state index in [1.165, 1.54) is 51.0 Å². The molecule has 0 bridgehead atoms. The van der Waals surface area contributed by atoms with Gasteiger partial charge >= 0.3 is 0 Å². The van der Waals surface area contributed by atoms with Crippen LogP contribution in [0.1, 0.15) is 77.7 Å². The van der Waals surface area contributed by atoms with Gasteiger partial charge < -0.3 is 0 Å². The summed E-state index contributed by atoms with van der Waals surface area (Å²) < 4.78 is 26.5. The third-order valence-electron chi connectivity index (χ3n) is 4.07. The predicted molar refractivity (Wildman–Crippen MR) is 85.3 cm³/mol. The van der Waals surface area contributed by atoms with Crippen LogP contribution in [0.2, 0.25) is 0 Å². The first-order valence-electron chi connectivity index (χ1n) is 8.31. The van der Waals surface area contributed by atoms with E-state index in [1.807, 2.05) is 0 Å². The number of hydrogen-bond acceptors (Lipinski definition) is 0. The number of benzene rings is 1. The van der Waals surface area contributed by atoms with Gasteiger partial charge in [-0.25, -0.2) is 8.78 Å². The van der Waals surface area contributed by atoms with Gasteiger partial charge in [0.1, 0.15) is 11.6 Å². The van der Waals surface area contributed by atoms with Gasteiger partial charge in [0.15, 0.2) is 0 Å². The van der Waals surface area contributed by atoms with Gasteiger partial charge in [-0.3, -0.25) is 0 Å². The van der Waals surface area contributed by atoms with Gasteiger partial charge in [-0.1, -0.05) is 71.8 Å². The number of rotatable bonds is 10. The topological polar surface area (TPSA) is 0 Å². The molecule has 0 aliphatic carbocycles. The average Bonchev–Trinajstić information content (AvgIpc) is 2.41. The molecule has 0 nitrogen and oxygen atoms in total. The molecule has 0 unspecified atom stereocenters. The predicted octanol–water partition coefficient (Wildman–Crippen LogP) is 6.47. The van der Waals surface area contributed by atoms with Crippen molar-refractivity contribution in [3.63, 3.8) is 0 Å². The minimum Gasteiger partial charge on any atom is -0.206 e. The van der Waals surface area contributed by atoms with Crippen molar-refractivity contribution in [1.82, 2.24) is 0 Å². The summed E-state index contributed by atoms with van der Waals surface area (Å²) >= 11 is 0. The quantitative estimate of drug-likeness (QED) is 0.337. The molecule has 0 aromatic heterocycles. The van der Waals surface area contributed by atoms with E-state index >= 15 is 0 Å². The van der Waals surface area contributed by atoms with Gasteiger partial charge in [0, 0.05) is 21.7 Å². The Bertz CT molecular complexity index is 416. The summed E-state index contributed by atoms with van der Waals surface area (Å²) in [6.07, 6.45) is 10.8. The van der Waals surface area contributed by atoms with Gasteiger partial charge in [0.05, 0.1) is 6.07 Å². The van der Waals surface area contributed by atoms with Crippen LogP contribution in [0.4, 0.5) is 8.78 Å². The van der Waals surface area contributed by atoms with Crippen molar-refractivity contribution in [2.24, 2.45) is 5.41 Å². The molecule has 123 valence electrons. The van der Waals surface area contributed by atoms with Crippen LogP contribution in [0.3, 0.4) is 0 Å². The van der Waals surface area contributed by atoms with Crippen molar-refractivity contribution < 1.29 is 30.5 Å². The van der Waals surface area contributed by atoms with E-state index in [4.69, 9.17) is 0 Å². The number of unbranched alkanes of at least 4 members (excludes halogenated alkanes) is 6. The largest absolute Gasteiger partial charge is 0.206 e. The van der Waals surface area contributed by atoms with Crippen molar-refractivity contribution in [3.05, 3.63) is 35.4 Å². The Balaban J connectivity index is 0.00000441. The Morgan fingerprint density at radius 3 is 2.14 bits per heavy atom. The fourth-order valence-corrected chi connectivity index (χ4v) is 2.77. The first-order valence-corrected chi connectivity index (χ1v) is 8.31. The van der Waals surface area contributed by atoms with Gasteiger partial charge in [-0.05, 0) is 29.9 Å². The van der Waals surface area contributed by atoms with Gasteiger partial charge in [-0.2, -0.15) is 0 Å². The standard InChI is InChI=1S/C19H29F2.Ti/c1-4-5-6-7-8-9-10-13-19(2,3)15-16-11-12-17(20)14-18(16)21;/h11-12H,4-10,13,15H2,1-3H3;. The second-order valence-corrected chi connectivity index (χ2v) is 6.86. The van der Waals surface area contributed by atoms with E-state index in [2.05, 4.69) is 26.8 Å². The Kier molecular flexibility index (Phi) is 11.2. The summed E-state index contributed by atoms with van der Waals surface area (Å²) in [7, 11) is 0. The van der Waals surface area contributed by atoms with Crippen LogP contribution in [0.25, 0.3) is 0 Å². The summed E-state index contributed by atoms with van der Waals surface area (Å²) in [4.78, 5) is 0. The third-order valence-corrected chi connectivity index (χ3v) is 4.07. The van der Waals surface area contributed by atoms with Crippen molar-refractivity contribution in [1.29, 1.82) is 0 Å². The summed E-state index contributed by atoms with van der Waals surface area (Å²) in [6.45, 7) is 6.55. The Hall–Kier alpha value is -0.206. The SMILES string of the molecule is CCCCCCCCCC(C)(C)Cc1ccc(F)[c]c1F.[Ti]. The van der Waals surface area contributed by atoms with Crippen molar-refractivity contribution in [3.8, 4) is 0 Å². The molecule has 0 aliphatic rings. The van der Waals surface area contributed by atoms with E-state index in [9.17, 15) is 8.78 Å². The second-order valence-electron chi connectivity index (χ2n) is 6.86. The maximum absolute atomic E-state index is 13.6. The van der Waals surface area contributed by atoms with E-state index in [-0.39, 0.29) is 27.1 Å². The average molecular weight is 343 g/mol. The van der Waals surface area contributed by atoms with E-state index in [0.29, 0.717) is 12.0 Å². The summed E-state index contributed by atoms with van der Waals surface area (Å²) in [5.74, 6) is -1.16. The molecular formula is C19H29F2Ti. The molecule has 22 heavy (non-hydrogen) atoms. The third kappa shape index (κ3) is 9.05. The normalized spacial score (nSPS) is 11.3. The molecule has 1 aromatic carbocycles. The van der Waals surface area contributed by atoms with Gasteiger partial charge in [0.2, 0.25) is 0 Å². The summed E-state index contributed by atoms with van der Waals surface area (Å²) in [6, 6.07) is 4.97. The molecule has 0 heterocycles. The Morgan fingerprint density at radius 1 is 0.955 bits per heavy atom. The molecule has 1 radical (unpaired) electrons. The molecule has 1 rings (SSSR count). The monoisotopic (exact) mass is 343 g/mol. The molecule has 3 heteroatoms. The fraction of sp³-hybridized carbons (Fsp3) is 0.684. The molecular weight excluding hydrogens is 314 g/mol. The van der Waals surface area contributed by atoms with Crippen LogP contribution in [-0.2, 0) is 28.1 Å². The van der Waals surface area contributed by atoms with Crippen LogP contribution in [0.5, 0.6) is 0 Å². The first-order chi connectivity index (χ1) is 9.94. The summed E-state index contributed by atoms with van der Waals surface area (Å²) in [5, 5.41) is 0. The van der Waals surface area contributed by atoms with Crippen LogP contribution in [0, 0.1) is 23.1 Å². The minimum atomic E-state index is -0.624. The van der Waals surface area contributed by atoms with Crippen LogP contribution in [0.15, 0.2) is 12.1 Å². The maximum Gasteiger partial charge on any atom is 0.137 e. The molecule has 0 saturated carbocycles. The molecule has 0 amide bonds. The first kappa shape index (κ1) is 21.8. The second kappa shape index (κ2) is 11.3. The number of halogens is 2. The van der Waals surface area contributed by atoms with Gasteiger partial charge in [-0.15, -0.1) is 0 Å². The minimum absolute atomic E-state index is 0. The van der Waals surface area contributed by atoms with E-state index < -0.39 is 11.6 Å². The van der Waals surface area contributed by atoms with Gasteiger partial charge in [0.25, 0.3) is 0 Å². The van der Waals surface area contributed by atoms with E-state index in [0.717, 1.165) is 6.42 Å². The zero-order valence-corrected chi connectivity index (χ0v) is 15.8. The fourth-order valence-electron chi connectivity index (χ4n) is 2.77. The molecule has 0 N–H and O–H groups in total. The van der Waals surface area contributed by atoms with Crippen LogP contribution < -0.4 is 0 Å². The maximum atomic E-state index is 13.6. The molecule has 0 atom stereocenters. The van der Waals surface area contributed by atoms with Crippen molar-refractivity contribution in [2.45, 2.75) is 78.6 Å². The zero-order chi connectivity index (χ0) is 15.7. The zero-order valence-electron chi connectivity index (χ0n) is 14.3. The van der Waals surface area contributed by atoms with Crippen molar-refractivity contribution in [2.75, 3.05) is 0 Å². The Morgan fingerprint density at radius 2 is 1.55 bits per heavy atom. The van der Waals surface area contributed by atoms with Crippen LogP contribution in [-0.4, -0.2) is 0 Å².